The summed E-state index contributed by atoms with van der Waals surface area (Å²) in [5.74, 6) is -1.64. The van der Waals surface area contributed by atoms with Crippen LogP contribution in [0.15, 0.2) is 146 Å². The van der Waals surface area contributed by atoms with Gasteiger partial charge in [0.2, 0.25) is 11.8 Å². The number of anilines is 6. The Morgan fingerprint density at radius 2 is 0.817 bits per heavy atom. The quantitative estimate of drug-likeness (QED) is 0.0583. The number of hydrogen-bond acceptors (Lipinski definition) is 8. The number of aryl methyl sites for hydroxylation is 4. The number of likely N-dealkylation sites (N-methyl/N-ethyl adjacent to an activating group) is 1. The molecule has 6 aromatic carbocycles. The Hall–Kier alpha value is -8.34. The molecular weight excluding hydrogens is 901 g/mol. The van der Waals surface area contributed by atoms with E-state index >= 15 is 0 Å². The predicted molar refractivity (Wildman–Crippen MR) is 275 cm³/mol. The molecule has 6 aromatic rings. The number of amides is 8. The number of nitrogens with zero attached hydrogens (tertiary/aromatic N) is 2. The minimum absolute atomic E-state index is 0.0748. The number of fused-ring (bicyclic) bond motifs is 2. The summed E-state index contributed by atoms with van der Waals surface area (Å²) in [7, 11) is 4.60. The molecule has 2 atom stereocenters. The summed E-state index contributed by atoms with van der Waals surface area (Å²) in [6, 6.07) is 42.4. The van der Waals surface area contributed by atoms with Gasteiger partial charge in [0.25, 0.3) is 11.8 Å². The highest BCUT2D eigenvalue weighted by molar-refractivity contribution is 6.14. The van der Waals surface area contributed by atoms with Crippen LogP contribution in [0.1, 0.15) is 46.2 Å². The molecule has 0 saturated carbocycles. The van der Waals surface area contributed by atoms with Crippen molar-refractivity contribution in [2.45, 2.75) is 57.9 Å². The summed E-state index contributed by atoms with van der Waals surface area (Å²) in [6.07, 6.45) is -1.27. The minimum atomic E-state index is -1.66. The predicted octanol–water partition coefficient (Wildman–Crippen LogP) is 8.64. The number of carbonyl (C=O) groups excluding carboxylic acids is 6. The fourth-order valence-electron chi connectivity index (χ4n) is 8.56. The topological polar surface area (TPSA) is 200 Å². The molecule has 16 heteroatoms. The van der Waals surface area contributed by atoms with Gasteiger partial charge in [-0.05, 0) is 88.4 Å². The second kappa shape index (κ2) is 22.0. The van der Waals surface area contributed by atoms with Crippen LogP contribution < -0.4 is 41.7 Å². The van der Waals surface area contributed by atoms with Gasteiger partial charge < -0.3 is 51.2 Å². The summed E-state index contributed by atoms with van der Waals surface area (Å²) in [4.78, 5) is 83.1. The normalized spacial score (nSPS) is 16.6. The van der Waals surface area contributed by atoms with Crippen molar-refractivity contribution >= 4 is 69.8 Å². The molecule has 16 nitrogen and oxygen atoms in total. The zero-order valence-corrected chi connectivity index (χ0v) is 40.7. The van der Waals surface area contributed by atoms with Gasteiger partial charge in [0, 0.05) is 60.8 Å². The Morgan fingerprint density at radius 3 is 1.21 bits per heavy atom. The number of methoxy groups -OCH3 is 2. The first kappa shape index (κ1) is 50.5. The fourth-order valence-corrected chi connectivity index (χ4v) is 8.56. The number of nitrogens with one attached hydrogen (secondary N) is 6. The summed E-state index contributed by atoms with van der Waals surface area (Å²) in [6.45, 7) is 7.89. The van der Waals surface area contributed by atoms with Gasteiger partial charge in [0.05, 0.1) is 25.1 Å². The van der Waals surface area contributed by atoms with Crippen molar-refractivity contribution in [2.24, 2.45) is 0 Å². The molecule has 0 saturated heterocycles. The van der Waals surface area contributed by atoms with E-state index in [4.69, 9.17) is 9.47 Å². The fraction of sp³-hybridized carbons (Fsp3) is 0.236. The Balaban J connectivity index is 0.000000211. The van der Waals surface area contributed by atoms with Crippen LogP contribution in [0.25, 0.3) is 0 Å². The van der Waals surface area contributed by atoms with Gasteiger partial charge in [-0.2, -0.15) is 0 Å². The summed E-state index contributed by atoms with van der Waals surface area (Å²) >= 11 is 0. The lowest BCUT2D eigenvalue weighted by molar-refractivity contribution is -0.131. The molecule has 2 aliphatic rings. The Labute approximate surface area is 413 Å². The Bertz CT molecular complexity index is 2780. The highest BCUT2D eigenvalue weighted by Crippen LogP contribution is 2.44. The van der Waals surface area contributed by atoms with Crippen molar-refractivity contribution in [3.63, 3.8) is 0 Å². The van der Waals surface area contributed by atoms with Crippen molar-refractivity contribution in [1.29, 1.82) is 0 Å². The number of para-hydroxylation sites is 2. The van der Waals surface area contributed by atoms with Crippen molar-refractivity contribution < 1.29 is 38.2 Å². The lowest BCUT2D eigenvalue weighted by atomic mass is 9.87. The Morgan fingerprint density at radius 1 is 0.479 bits per heavy atom. The molecule has 366 valence electrons. The van der Waals surface area contributed by atoms with Crippen LogP contribution in [0, 0.1) is 27.7 Å². The van der Waals surface area contributed by atoms with Gasteiger partial charge >= 0.3 is 12.1 Å². The maximum Gasteiger partial charge on any atom is 0.320 e. The average Bonchev–Trinajstić information content (AvgIpc) is 3.69. The van der Waals surface area contributed by atoms with E-state index in [2.05, 4.69) is 31.9 Å². The first-order valence-corrected chi connectivity index (χ1v) is 22.9. The second-order valence-corrected chi connectivity index (χ2v) is 17.6. The van der Waals surface area contributed by atoms with Crippen molar-refractivity contribution in [3.05, 3.63) is 179 Å². The molecule has 0 fully saturated rings. The maximum absolute atomic E-state index is 14.1. The van der Waals surface area contributed by atoms with E-state index < -0.39 is 41.2 Å². The zero-order valence-electron chi connectivity index (χ0n) is 40.7. The number of rotatable bonds is 14. The average molecular weight is 959 g/mol. The molecule has 0 aliphatic carbocycles. The van der Waals surface area contributed by atoms with Crippen LogP contribution in [0.3, 0.4) is 0 Å². The SMILES string of the molecule is COC(CN1C(=O)C(CC(=O)Nc2ccc(C)cc2)(NC(=O)Nc2ccc(C)cc2)c2ccccc21)OC.Cc1ccc(NC(=O)C[C@]2(NC(=O)Nc3ccc(C)cc3)C(=O)N(C)c3ccccc32)cc1. The molecule has 0 spiro atoms. The maximum atomic E-state index is 14.1. The number of urea groups is 2. The van der Waals surface area contributed by atoms with E-state index in [-0.39, 0.29) is 31.2 Å². The third-order valence-electron chi connectivity index (χ3n) is 12.3. The molecule has 8 amide bonds. The molecule has 8 rings (SSSR count). The van der Waals surface area contributed by atoms with E-state index in [9.17, 15) is 28.8 Å². The molecule has 0 bridgehead atoms. The van der Waals surface area contributed by atoms with Gasteiger partial charge in [-0.3, -0.25) is 19.2 Å². The van der Waals surface area contributed by atoms with Crippen molar-refractivity contribution in [3.8, 4) is 0 Å². The summed E-state index contributed by atoms with van der Waals surface area (Å²) in [5, 5.41) is 16.9. The first-order chi connectivity index (χ1) is 34.0. The molecule has 2 heterocycles. The lowest BCUT2D eigenvalue weighted by Crippen LogP contribution is -2.56. The lowest BCUT2D eigenvalue weighted by Gasteiger charge is -2.30. The molecule has 0 aromatic heterocycles. The monoisotopic (exact) mass is 958 g/mol. The van der Waals surface area contributed by atoms with Crippen LogP contribution in [0.4, 0.5) is 43.7 Å². The van der Waals surface area contributed by atoms with Crippen LogP contribution in [-0.4, -0.2) is 69.8 Å². The van der Waals surface area contributed by atoms with Crippen molar-refractivity contribution in [2.75, 3.05) is 58.9 Å². The zero-order chi connectivity index (χ0) is 50.9. The van der Waals surface area contributed by atoms with Gasteiger partial charge in [-0.1, -0.05) is 107 Å². The number of ether oxygens (including phenoxy) is 2. The van der Waals surface area contributed by atoms with Crippen LogP contribution in [0.5, 0.6) is 0 Å². The molecule has 1 unspecified atom stereocenters. The third-order valence-corrected chi connectivity index (χ3v) is 12.3. The number of benzene rings is 6. The van der Waals surface area contributed by atoms with Crippen molar-refractivity contribution in [1.82, 2.24) is 10.6 Å². The largest absolute Gasteiger partial charge is 0.354 e. The number of carbonyl (C=O) groups is 6. The standard InChI is InChI=1S/C29H32N4O5.C26H26N4O3/c1-19-9-13-21(14-10-19)30-25(34)17-29(32-28(36)31-22-15-11-20(2)12-16-22)23-7-5-6-8-24(23)33(27(29)35)18-26(37-3)38-4;1-17-8-12-19(13-9-17)27-23(31)16-26(21-6-4-5-7-22(21)30(3)24(26)32)29-25(33)28-20-14-10-18(2)11-15-20/h5-16,26H,17-18H2,1-4H3,(H,30,34)(H2,31,32,36);4-15H,16H2,1-3H3,(H,27,31)(H2,28,29,33)/t;26-/m.1/s1. The van der Waals surface area contributed by atoms with Gasteiger partial charge in [-0.25, -0.2) is 9.59 Å². The van der Waals surface area contributed by atoms with Crippen LogP contribution >= 0.6 is 0 Å². The second-order valence-electron chi connectivity index (χ2n) is 17.6. The smallest absolute Gasteiger partial charge is 0.320 e. The first-order valence-electron chi connectivity index (χ1n) is 22.9. The van der Waals surface area contributed by atoms with Gasteiger partial charge in [0.15, 0.2) is 17.4 Å². The van der Waals surface area contributed by atoms with Gasteiger partial charge in [-0.15, -0.1) is 0 Å². The van der Waals surface area contributed by atoms with E-state index in [0.29, 0.717) is 45.3 Å². The van der Waals surface area contributed by atoms with E-state index in [1.54, 1.807) is 98.0 Å². The van der Waals surface area contributed by atoms with Crippen LogP contribution in [0.2, 0.25) is 0 Å². The highest BCUT2D eigenvalue weighted by atomic mass is 16.7. The summed E-state index contributed by atoms with van der Waals surface area (Å²) in [5.41, 5.74) is 5.70. The van der Waals surface area contributed by atoms with Gasteiger partial charge in [0.1, 0.15) is 0 Å². The Kier molecular flexibility index (Phi) is 15.6. The van der Waals surface area contributed by atoms with E-state index in [1.807, 2.05) is 82.3 Å². The highest BCUT2D eigenvalue weighted by Gasteiger charge is 2.54. The third kappa shape index (κ3) is 11.6. The summed E-state index contributed by atoms with van der Waals surface area (Å²) < 4.78 is 10.7. The van der Waals surface area contributed by atoms with Crippen LogP contribution in [-0.2, 0) is 39.7 Å². The number of hydrogen-bond donors (Lipinski definition) is 6. The molecule has 71 heavy (non-hydrogen) atoms. The molecule has 2 aliphatic heterocycles. The molecule has 6 N–H and O–H groups in total. The molecular formula is C55H58N8O8. The molecule has 0 radical (unpaired) electrons. The van der Waals surface area contributed by atoms with E-state index in [0.717, 1.165) is 22.3 Å². The minimum Gasteiger partial charge on any atom is -0.354 e. The van der Waals surface area contributed by atoms with E-state index in [1.165, 1.54) is 24.0 Å².